The number of nitrogens with zero attached hydrogens (tertiary/aromatic N) is 5. The fourth-order valence-corrected chi connectivity index (χ4v) is 2.99. The number of hydrogen-bond donors (Lipinski definition) is 0. The lowest BCUT2D eigenvalue weighted by molar-refractivity contribution is 0.117. The minimum absolute atomic E-state index is 0.241. The van der Waals surface area contributed by atoms with E-state index in [9.17, 15) is 0 Å². The highest BCUT2D eigenvalue weighted by molar-refractivity contribution is 6.42. The summed E-state index contributed by atoms with van der Waals surface area (Å²) in [6, 6.07) is 5.71. The van der Waals surface area contributed by atoms with Crippen LogP contribution in [-0.2, 0) is 6.54 Å². The molecule has 8 heteroatoms. The van der Waals surface area contributed by atoms with E-state index in [4.69, 9.17) is 27.7 Å². The number of likely N-dealkylation sites (tertiary alicyclic amines) is 1. The van der Waals surface area contributed by atoms with Crippen molar-refractivity contribution in [2.45, 2.75) is 12.5 Å². The number of benzene rings is 1. The largest absolute Gasteiger partial charge is 0.339 e. The third-order valence-corrected chi connectivity index (χ3v) is 4.67. The first-order chi connectivity index (χ1) is 11.7. The van der Waals surface area contributed by atoms with Crippen molar-refractivity contribution >= 4 is 23.2 Å². The first kappa shape index (κ1) is 15.5. The molecule has 4 rings (SSSR count). The van der Waals surface area contributed by atoms with E-state index in [1.807, 2.05) is 18.2 Å². The zero-order chi connectivity index (χ0) is 16.5. The van der Waals surface area contributed by atoms with E-state index in [-0.39, 0.29) is 5.92 Å². The third kappa shape index (κ3) is 3.13. The number of halogens is 2. The van der Waals surface area contributed by atoms with Crippen LogP contribution in [0.2, 0.25) is 10.0 Å². The third-order valence-electron chi connectivity index (χ3n) is 3.93. The Morgan fingerprint density at radius 3 is 2.79 bits per heavy atom. The summed E-state index contributed by atoms with van der Waals surface area (Å²) in [5, 5.41) is 5.13. The van der Waals surface area contributed by atoms with Gasteiger partial charge in [-0.25, -0.2) is 4.98 Å². The van der Waals surface area contributed by atoms with Gasteiger partial charge in [-0.3, -0.25) is 9.88 Å². The van der Waals surface area contributed by atoms with Gasteiger partial charge in [0.2, 0.25) is 11.7 Å². The monoisotopic (exact) mass is 361 g/mol. The molecule has 6 nitrogen and oxygen atoms in total. The second-order valence-corrected chi connectivity index (χ2v) is 6.50. The minimum atomic E-state index is 0.241. The standard InChI is InChI=1S/C16H13Cl2N5O/c17-12-2-1-10(5-13(12)18)7-23-8-11(9-23)16-21-15(22-24-16)14-6-19-3-4-20-14/h1-6,11H,7-9H2. The smallest absolute Gasteiger partial charge is 0.232 e. The van der Waals surface area contributed by atoms with Gasteiger partial charge in [0, 0.05) is 32.0 Å². The predicted molar refractivity (Wildman–Crippen MR) is 89.8 cm³/mol. The maximum absolute atomic E-state index is 6.05. The normalized spacial score (nSPS) is 15.4. The summed E-state index contributed by atoms with van der Waals surface area (Å²) < 4.78 is 5.36. The van der Waals surface area contributed by atoms with Gasteiger partial charge in [-0.05, 0) is 17.7 Å². The van der Waals surface area contributed by atoms with Crippen molar-refractivity contribution in [3.8, 4) is 11.5 Å². The molecule has 122 valence electrons. The zero-order valence-corrected chi connectivity index (χ0v) is 14.1. The number of rotatable bonds is 4. The summed E-state index contributed by atoms with van der Waals surface area (Å²) in [7, 11) is 0. The zero-order valence-electron chi connectivity index (χ0n) is 12.6. The summed E-state index contributed by atoms with van der Waals surface area (Å²) >= 11 is 12.0. The molecule has 0 bridgehead atoms. The van der Waals surface area contributed by atoms with Crippen molar-refractivity contribution in [3.05, 3.63) is 58.3 Å². The van der Waals surface area contributed by atoms with Gasteiger partial charge < -0.3 is 4.52 Å². The SMILES string of the molecule is Clc1ccc(CN2CC(c3nc(-c4cnccn4)no3)C2)cc1Cl. The molecule has 1 fully saturated rings. The fourth-order valence-electron chi connectivity index (χ4n) is 2.67. The molecular weight excluding hydrogens is 349 g/mol. The van der Waals surface area contributed by atoms with Crippen molar-refractivity contribution in [2.75, 3.05) is 13.1 Å². The molecule has 0 saturated carbocycles. The molecular formula is C16H13Cl2N5O. The maximum Gasteiger partial charge on any atom is 0.232 e. The molecule has 3 heterocycles. The molecule has 1 aromatic carbocycles. The van der Waals surface area contributed by atoms with Crippen molar-refractivity contribution in [2.24, 2.45) is 0 Å². The second-order valence-electron chi connectivity index (χ2n) is 5.69. The number of hydrogen-bond acceptors (Lipinski definition) is 6. The van der Waals surface area contributed by atoms with E-state index in [0.29, 0.717) is 27.5 Å². The van der Waals surface area contributed by atoms with Gasteiger partial charge in [0.05, 0.1) is 22.2 Å². The Kier molecular flexibility index (Phi) is 4.18. The Morgan fingerprint density at radius 2 is 2.04 bits per heavy atom. The molecule has 0 amide bonds. The highest BCUT2D eigenvalue weighted by Crippen LogP contribution is 2.29. The predicted octanol–water partition coefficient (Wildman–Crippen LogP) is 3.43. The lowest BCUT2D eigenvalue weighted by Gasteiger charge is -2.37. The average molecular weight is 362 g/mol. The van der Waals surface area contributed by atoms with Crippen molar-refractivity contribution < 1.29 is 4.52 Å². The Balaban J connectivity index is 1.37. The summed E-state index contributed by atoms with van der Waals surface area (Å²) in [6.07, 6.45) is 4.83. The lowest BCUT2D eigenvalue weighted by atomic mass is 9.99. The summed E-state index contributed by atoms with van der Waals surface area (Å²) in [5.41, 5.74) is 1.74. The van der Waals surface area contributed by atoms with Crippen LogP contribution in [0.15, 0.2) is 41.3 Å². The summed E-state index contributed by atoms with van der Waals surface area (Å²) in [5.74, 6) is 1.35. The van der Waals surface area contributed by atoms with Gasteiger partial charge in [0.25, 0.3) is 0 Å². The molecule has 0 spiro atoms. The molecule has 0 aliphatic carbocycles. The molecule has 1 aliphatic rings. The Morgan fingerprint density at radius 1 is 1.17 bits per heavy atom. The Labute approximate surface area is 148 Å². The minimum Gasteiger partial charge on any atom is -0.339 e. The van der Waals surface area contributed by atoms with E-state index in [1.165, 1.54) is 0 Å². The van der Waals surface area contributed by atoms with Crippen molar-refractivity contribution in [1.82, 2.24) is 25.0 Å². The number of aromatic nitrogens is 4. The van der Waals surface area contributed by atoms with Gasteiger partial charge in [-0.2, -0.15) is 4.98 Å². The van der Waals surface area contributed by atoms with Gasteiger partial charge in [-0.15, -0.1) is 0 Å². The first-order valence-electron chi connectivity index (χ1n) is 7.45. The molecule has 0 N–H and O–H groups in total. The topological polar surface area (TPSA) is 67.9 Å². The van der Waals surface area contributed by atoms with Crippen LogP contribution in [0.3, 0.4) is 0 Å². The molecule has 0 atom stereocenters. The van der Waals surface area contributed by atoms with Crippen molar-refractivity contribution in [3.63, 3.8) is 0 Å². The Hall–Kier alpha value is -2.02. The maximum atomic E-state index is 6.05. The van der Waals surface area contributed by atoms with Crippen LogP contribution in [-0.4, -0.2) is 38.1 Å². The first-order valence-corrected chi connectivity index (χ1v) is 8.21. The highest BCUT2D eigenvalue weighted by Gasteiger charge is 2.32. The van der Waals surface area contributed by atoms with Crippen LogP contribution >= 0.6 is 23.2 Å². The van der Waals surface area contributed by atoms with E-state index < -0.39 is 0 Å². The van der Waals surface area contributed by atoms with E-state index in [2.05, 4.69) is 25.0 Å². The van der Waals surface area contributed by atoms with Gasteiger partial charge in [0.15, 0.2) is 0 Å². The summed E-state index contributed by atoms with van der Waals surface area (Å²) in [4.78, 5) is 14.9. The van der Waals surface area contributed by atoms with Gasteiger partial charge in [-0.1, -0.05) is 34.4 Å². The van der Waals surface area contributed by atoms with E-state index in [0.717, 1.165) is 25.2 Å². The van der Waals surface area contributed by atoms with Crippen molar-refractivity contribution in [1.29, 1.82) is 0 Å². The molecule has 0 unspecified atom stereocenters. The van der Waals surface area contributed by atoms with Gasteiger partial charge >= 0.3 is 0 Å². The van der Waals surface area contributed by atoms with E-state index in [1.54, 1.807) is 18.6 Å². The van der Waals surface area contributed by atoms with Crippen LogP contribution in [0.4, 0.5) is 0 Å². The lowest BCUT2D eigenvalue weighted by Crippen LogP contribution is -2.44. The van der Waals surface area contributed by atoms with Crippen LogP contribution in [0.1, 0.15) is 17.4 Å². The van der Waals surface area contributed by atoms with Crippen LogP contribution in [0.5, 0.6) is 0 Å². The van der Waals surface area contributed by atoms with E-state index >= 15 is 0 Å². The molecule has 3 aromatic rings. The van der Waals surface area contributed by atoms with Crippen LogP contribution in [0.25, 0.3) is 11.5 Å². The summed E-state index contributed by atoms with van der Waals surface area (Å²) in [6.45, 7) is 2.54. The average Bonchev–Trinajstić information content (AvgIpc) is 3.04. The molecule has 1 saturated heterocycles. The fraction of sp³-hybridized carbons (Fsp3) is 0.250. The molecule has 1 aliphatic heterocycles. The van der Waals surface area contributed by atoms with Crippen LogP contribution in [0, 0.1) is 0 Å². The Bertz CT molecular complexity index is 849. The molecule has 24 heavy (non-hydrogen) atoms. The van der Waals surface area contributed by atoms with Crippen LogP contribution < -0.4 is 0 Å². The second kappa shape index (κ2) is 6.47. The highest BCUT2D eigenvalue weighted by atomic mass is 35.5. The molecule has 0 radical (unpaired) electrons. The van der Waals surface area contributed by atoms with Gasteiger partial charge in [0.1, 0.15) is 5.69 Å². The molecule has 2 aromatic heterocycles. The quantitative estimate of drug-likeness (QED) is 0.708.